The van der Waals surface area contributed by atoms with Gasteiger partial charge in [0, 0.05) is 14.8 Å². The maximum absolute atomic E-state index is 6.42. The van der Waals surface area contributed by atoms with Crippen molar-refractivity contribution in [3.05, 3.63) is 55.2 Å². The molecule has 0 bridgehead atoms. The molecule has 0 N–H and O–H groups in total. The molecule has 0 aliphatic heterocycles. The summed E-state index contributed by atoms with van der Waals surface area (Å²) in [6.07, 6.45) is 3.81. The molecular formula is C16H16BrClS. The van der Waals surface area contributed by atoms with Gasteiger partial charge in [0.2, 0.25) is 0 Å². The molecule has 1 heterocycles. The van der Waals surface area contributed by atoms with Crippen molar-refractivity contribution in [1.29, 1.82) is 0 Å². The van der Waals surface area contributed by atoms with Crippen LogP contribution in [0, 0.1) is 13.8 Å². The first-order valence-electron chi connectivity index (χ1n) is 6.58. The molecule has 0 amide bonds. The van der Waals surface area contributed by atoms with Gasteiger partial charge < -0.3 is 0 Å². The molecule has 1 aromatic carbocycles. The highest BCUT2D eigenvalue weighted by atomic mass is 79.9. The Bertz CT molecular complexity index is 608. The number of fused-ring (bicyclic) bond motifs is 1. The first kappa shape index (κ1) is 13.7. The van der Waals surface area contributed by atoms with Crippen LogP contribution in [-0.2, 0) is 12.8 Å². The van der Waals surface area contributed by atoms with E-state index in [4.69, 9.17) is 11.6 Å². The fraction of sp³-hybridized carbons (Fsp3) is 0.375. The quantitative estimate of drug-likeness (QED) is 0.580. The first-order valence-corrected chi connectivity index (χ1v) is 8.69. The van der Waals surface area contributed by atoms with Gasteiger partial charge in [-0.25, -0.2) is 0 Å². The van der Waals surface area contributed by atoms with Crippen molar-refractivity contribution in [3.63, 3.8) is 0 Å². The Balaban J connectivity index is 1.99. The zero-order valence-corrected chi connectivity index (χ0v) is 14.3. The molecule has 1 atom stereocenters. The van der Waals surface area contributed by atoms with E-state index in [1.54, 1.807) is 10.4 Å². The molecule has 3 heteroatoms. The van der Waals surface area contributed by atoms with Crippen molar-refractivity contribution in [2.45, 2.75) is 37.9 Å². The Hall–Kier alpha value is -0.310. The number of hydrogen-bond acceptors (Lipinski definition) is 1. The number of rotatable bonds is 2. The van der Waals surface area contributed by atoms with Crippen LogP contribution in [0.1, 0.15) is 43.3 Å². The third kappa shape index (κ3) is 2.51. The predicted molar refractivity (Wildman–Crippen MR) is 88.0 cm³/mol. The van der Waals surface area contributed by atoms with E-state index in [2.05, 4.69) is 48.0 Å². The summed E-state index contributed by atoms with van der Waals surface area (Å²) in [6, 6.07) is 6.64. The molecule has 19 heavy (non-hydrogen) atoms. The van der Waals surface area contributed by atoms with Crippen LogP contribution in [0.3, 0.4) is 0 Å². The Morgan fingerprint density at radius 3 is 2.63 bits per heavy atom. The molecule has 2 aromatic rings. The monoisotopic (exact) mass is 354 g/mol. The van der Waals surface area contributed by atoms with Gasteiger partial charge in [0.25, 0.3) is 0 Å². The molecule has 0 spiro atoms. The van der Waals surface area contributed by atoms with E-state index < -0.39 is 0 Å². The number of hydrogen-bond donors (Lipinski definition) is 0. The number of thiophene rings is 1. The van der Waals surface area contributed by atoms with Gasteiger partial charge in [0.15, 0.2) is 0 Å². The van der Waals surface area contributed by atoms with E-state index in [1.165, 1.54) is 40.8 Å². The number of halogens is 2. The zero-order chi connectivity index (χ0) is 13.6. The van der Waals surface area contributed by atoms with Crippen molar-refractivity contribution < 1.29 is 0 Å². The minimum atomic E-state index is 0.217. The minimum absolute atomic E-state index is 0.217. The normalized spacial score (nSPS) is 15.6. The van der Waals surface area contributed by atoms with E-state index >= 15 is 0 Å². The van der Waals surface area contributed by atoms with Crippen LogP contribution < -0.4 is 0 Å². The molecule has 0 fully saturated rings. The summed E-state index contributed by atoms with van der Waals surface area (Å²) in [4.78, 5) is 3.17. The van der Waals surface area contributed by atoms with Crippen molar-refractivity contribution in [2.24, 2.45) is 0 Å². The van der Waals surface area contributed by atoms with Crippen molar-refractivity contribution in [3.8, 4) is 0 Å². The Labute approximate surface area is 131 Å². The highest BCUT2D eigenvalue weighted by molar-refractivity contribution is 9.09. The standard InChI is InChI=1S/C16H16BrClS/c1-9-6-12(13(18)7-10(9)2)16(17)15-8-11-4-3-5-14(11)19-15/h6-8,16H,3-5H2,1-2H3. The summed E-state index contributed by atoms with van der Waals surface area (Å²) in [6.45, 7) is 4.25. The van der Waals surface area contributed by atoms with E-state index in [0.29, 0.717) is 0 Å². The highest BCUT2D eigenvalue weighted by Crippen LogP contribution is 2.42. The summed E-state index contributed by atoms with van der Waals surface area (Å²) in [7, 11) is 0. The van der Waals surface area contributed by atoms with E-state index in [9.17, 15) is 0 Å². The second kappa shape index (κ2) is 5.23. The van der Waals surface area contributed by atoms with E-state index in [-0.39, 0.29) is 4.83 Å². The molecule has 0 radical (unpaired) electrons. The molecule has 0 nitrogen and oxygen atoms in total. The fourth-order valence-corrected chi connectivity index (χ4v) is 5.13. The van der Waals surface area contributed by atoms with Gasteiger partial charge in [-0.3, -0.25) is 0 Å². The number of benzene rings is 1. The Morgan fingerprint density at radius 2 is 1.89 bits per heavy atom. The van der Waals surface area contributed by atoms with Crippen LogP contribution in [0.25, 0.3) is 0 Å². The fourth-order valence-electron chi connectivity index (χ4n) is 2.63. The average Bonchev–Trinajstić information content (AvgIpc) is 2.93. The Kier molecular flexibility index (Phi) is 3.76. The summed E-state index contributed by atoms with van der Waals surface area (Å²) in [5, 5.41) is 0.860. The van der Waals surface area contributed by atoms with Gasteiger partial charge in [-0.05, 0) is 67.5 Å². The molecule has 0 saturated carbocycles. The van der Waals surface area contributed by atoms with Crippen LogP contribution in [-0.4, -0.2) is 0 Å². The minimum Gasteiger partial charge on any atom is -0.144 e. The lowest BCUT2D eigenvalue weighted by Gasteiger charge is -2.13. The summed E-state index contributed by atoms with van der Waals surface area (Å²) in [5.74, 6) is 0. The third-order valence-corrected chi connectivity index (χ3v) is 6.82. The lowest BCUT2D eigenvalue weighted by molar-refractivity contribution is 0.913. The third-order valence-electron chi connectivity index (χ3n) is 3.90. The van der Waals surface area contributed by atoms with Crippen LogP contribution >= 0.6 is 38.9 Å². The second-order valence-corrected chi connectivity index (χ2v) is 7.76. The topological polar surface area (TPSA) is 0 Å². The largest absolute Gasteiger partial charge is 0.144 e. The van der Waals surface area contributed by atoms with Gasteiger partial charge >= 0.3 is 0 Å². The summed E-state index contributed by atoms with van der Waals surface area (Å²) >= 11 is 12.2. The molecular weight excluding hydrogens is 340 g/mol. The summed E-state index contributed by atoms with van der Waals surface area (Å²) < 4.78 is 0. The van der Waals surface area contributed by atoms with Crippen LogP contribution in [0.5, 0.6) is 0 Å². The van der Waals surface area contributed by atoms with Crippen molar-refractivity contribution in [2.75, 3.05) is 0 Å². The molecule has 3 rings (SSSR count). The first-order chi connectivity index (χ1) is 9.06. The van der Waals surface area contributed by atoms with Crippen molar-refractivity contribution in [1.82, 2.24) is 0 Å². The predicted octanol–water partition coefficient (Wildman–Crippen LogP) is 5.99. The molecule has 100 valence electrons. The maximum atomic E-state index is 6.42. The van der Waals surface area contributed by atoms with Crippen LogP contribution in [0.2, 0.25) is 5.02 Å². The molecule has 1 aliphatic rings. The SMILES string of the molecule is Cc1cc(Cl)c(C(Br)c2cc3c(s2)CCC3)cc1C. The van der Waals surface area contributed by atoms with E-state index in [1.807, 2.05) is 11.3 Å². The van der Waals surface area contributed by atoms with Gasteiger partial charge in [-0.2, -0.15) is 0 Å². The van der Waals surface area contributed by atoms with Gasteiger partial charge in [-0.15, -0.1) is 11.3 Å². The highest BCUT2D eigenvalue weighted by Gasteiger charge is 2.21. The molecule has 1 aromatic heterocycles. The van der Waals surface area contributed by atoms with Crippen LogP contribution in [0.4, 0.5) is 0 Å². The lowest BCUT2D eigenvalue weighted by Crippen LogP contribution is -1.94. The van der Waals surface area contributed by atoms with Crippen molar-refractivity contribution >= 4 is 38.9 Å². The van der Waals surface area contributed by atoms with Gasteiger partial charge in [0.1, 0.15) is 0 Å². The molecule has 0 saturated heterocycles. The molecule has 1 aliphatic carbocycles. The number of aryl methyl sites for hydroxylation is 4. The maximum Gasteiger partial charge on any atom is 0.0752 e. The van der Waals surface area contributed by atoms with E-state index in [0.717, 1.165) is 5.02 Å². The van der Waals surface area contributed by atoms with Gasteiger partial charge in [0.05, 0.1) is 4.83 Å². The Morgan fingerprint density at radius 1 is 1.16 bits per heavy atom. The zero-order valence-electron chi connectivity index (χ0n) is 11.1. The van der Waals surface area contributed by atoms with Crippen LogP contribution in [0.15, 0.2) is 18.2 Å². The number of alkyl halides is 1. The molecule has 1 unspecified atom stereocenters. The lowest BCUT2D eigenvalue weighted by atomic mass is 10.0. The second-order valence-electron chi connectivity index (χ2n) is 5.27. The van der Waals surface area contributed by atoms with Gasteiger partial charge in [-0.1, -0.05) is 33.6 Å². The smallest absolute Gasteiger partial charge is 0.0752 e. The summed E-state index contributed by atoms with van der Waals surface area (Å²) in [5.41, 5.74) is 5.28. The average molecular weight is 356 g/mol.